The van der Waals surface area contributed by atoms with Crippen molar-refractivity contribution in [3.8, 4) is 0 Å². The summed E-state index contributed by atoms with van der Waals surface area (Å²) in [5.74, 6) is 0.783. The highest BCUT2D eigenvalue weighted by Crippen LogP contribution is 2.36. The van der Waals surface area contributed by atoms with E-state index in [4.69, 9.17) is 4.98 Å². The number of fused-ring (bicyclic) bond motifs is 2. The molecule has 1 aliphatic rings. The van der Waals surface area contributed by atoms with Crippen molar-refractivity contribution < 1.29 is 4.52 Å². The molecule has 32 heavy (non-hydrogen) atoms. The fraction of sp³-hybridized carbons (Fsp3) is 0.318. The molecule has 5 aromatic rings. The second-order valence-electron chi connectivity index (χ2n) is 8.15. The predicted molar refractivity (Wildman–Crippen MR) is 117 cm³/mol. The molecule has 162 valence electrons. The first-order valence-corrected chi connectivity index (χ1v) is 10.7. The maximum Gasteiger partial charge on any atom is 0.438 e. The Morgan fingerprint density at radius 3 is 2.75 bits per heavy atom. The Bertz CT molecular complexity index is 1550. The van der Waals surface area contributed by atoms with Crippen molar-refractivity contribution in [2.45, 2.75) is 44.8 Å². The van der Waals surface area contributed by atoms with Gasteiger partial charge >= 0.3 is 11.4 Å². The Kier molecular flexibility index (Phi) is 4.30. The third-order valence-electron chi connectivity index (χ3n) is 5.99. The minimum atomic E-state index is -0.547. The van der Waals surface area contributed by atoms with Gasteiger partial charge < -0.3 is 4.57 Å². The lowest BCUT2D eigenvalue weighted by Gasteiger charge is -2.09. The zero-order valence-electron chi connectivity index (χ0n) is 17.3. The van der Waals surface area contributed by atoms with Crippen molar-refractivity contribution in [1.82, 2.24) is 33.8 Å². The molecule has 1 N–H and O–H groups in total. The SMILES string of the molecule is O=c1[nH]c(CCCn2c(Cn3c(=O)n(C4CC4)c4ccncc43)nc3ccccc32)no1. The fourth-order valence-electron chi connectivity index (χ4n) is 4.37. The summed E-state index contributed by atoms with van der Waals surface area (Å²) in [6.07, 6.45) is 6.85. The summed E-state index contributed by atoms with van der Waals surface area (Å²) in [6, 6.07) is 10.1. The number of pyridine rings is 1. The molecular formula is C22H21N7O3. The molecule has 1 fully saturated rings. The van der Waals surface area contributed by atoms with E-state index in [1.165, 1.54) is 0 Å². The molecule has 0 radical (unpaired) electrons. The largest absolute Gasteiger partial charge is 0.438 e. The molecule has 0 aliphatic heterocycles. The zero-order valence-corrected chi connectivity index (χ0v) is 17.3. The number of imidazole rings is 2. The quantitative estimate of drug-likeness (QED) is 0.422. The van der Waals surface area contributed by atoms with Crippen LogP contribution in [0.4, 0.5) is 0 Å². The van der Waals surface area contributed by atoms with E-state index in [-0.39, 0.29) is 11.7 Å². The molecule has 4 aromatic heterocycles. The van der Waals surface area contributed by atoms with E-state index in [1.807, 2.05) is 34.9 Å². The van der Waals surface area contributed by atoms with Crippen LogP contribution in [0.25, 0.3) is 22.1 Å². The van der Waals surface area contributed by atoms with Crippen LogP contribution in [0.5, 0.6) is 0 Å². The molecule has 0 atom stereocenters. The number of nitrogens with zero attached hydrogens (tertiary/aromatic N) is 6. The van der Waals surface area contributed by atoms with Crippen LogP contribution < -0.4 is 11.4 Å². The maximum absolute atomic E-state index is 13.3. The maximum atomic E-state index is 13.3. The first-order valence-electron chi connectivity index (χ1n) is 10.7. The van der Waals surface area contributed by atoms with Crippen LogP contribution in [0.1, 0.15) is 37.0 Å². The number of hydrogen-bond acceptors (Lipinski definition) is 6. The molecule has 6 rings (SSSR count). The Morgan fingerprint density at radius 1 is 1.06 bits per heavy atom. The Morgan fingerprint density at radius 2 is 1.94 bits per heavy atom. The first-order chi connectivity index (χ1) is 15.7. The van der Waals surface area contributed by atoms with Gasteiger partial charge in [0, 0.05) is 25.2 Å². The predicted octanol–water partition coefficient (Wildman–Crippen LogP) is 2.24. The minimum absolute atomic E-state index is 0.0192. The van der Waals surface area contributed by atoms with Gasteiger partial charge in [-0.15, -0.1) is 0 Å². The molecule has 1 saturated carbocycles. The average molecular weight is 431 g/mol. The Balaban J connectivity index is 1.38. The zero-order chi connectivity index (χ0) is 21.7. The second-order valence-corrected chi connectivity index (χ2v) is 8.15. The number of hydrogen-bond donors (Lipinski definition) is 1. The topological polar surface area (TPSA) is 117 Å². The van der Waals surface area contributed by atoms with E-state index in [0.717, 1.165) is 47.2 Å². The van der Waals surface area contributed by atoms with Gasteiger partial charge in [-0.05, 0) is 37.5 Å². The molecule has 1 aliphatic carbocycles. The highest BCUT2D eigenvalue weighted by molar-refractivity contribution is 5.77. The van der Waals surface area contributed by atoms with Gasteiger partial charge in [0.1, 0.15) is 5.82 Å². The lowest BCUT2D eigenvalue weighted by Crippen LogP contribution is -2.25. The van der Waals surface area contributed by atoms with Crippen LogP contribution in [0.15, 0.2) is 56.8 Å². The number of aryl methyl sites for hydroxylation is 2. The van der Waals surface area contributed by atoms with Crippen LogP contribution in [-0.2, 0) is 19.5 Å². The normalized spacial score (nSPS) is 14.0. The van der Waals surface area contributed by atoms with E-state index < -0.39 is 5.76 Å². The summed E-state index contributed by atoms with van der Waals surface area (Å²) < 4.78 is 10.4. The van der Waals surface area contributed by atoms with Crippen LogP contribution in [0.3, 0.4) is 0 Å². The summed E-state index contributed by atoms with van der Waals surface area (Å²) in [4.78, 5) is 36.2. The van der Waals surface area contributed by atoms with Crippen LogP contribution in [0.2, 0.25) is 0 Å². The van der Waals surface area contributed by atoms with Crippen molar-refractivity contribution in [1.29, 1.82) is 0 Å². The van der Waals surface area contributed by atoms with Gasteiger partial charge in [-0.25, -0.2) is 14.6 Å². The molecular weight excluding hydrogens is 410 g/mol. The van der Waals surface area contributed by atoms with Crippen molar-refractivity contribution in [3.63, 3.8) is 0 Å². The molecule has 10 heteroatoms. The molecule has 0 unspecified atom stereocenters. The lowest BCUT2D eigenvalue weighted by atomic mass is 10.2. The van der Waals surface area contributed by atoms with Crippen molar-refractivity contribution in [2.75, 3.05) is 0 Å². The van der Waals surface area contributed by atoms with Gasteiger partial charge in [-0.1, -0.05) is 17.3 Å². The Labute approximate surface area is 181 Å². The molecule has 4 heterocycles. The number of rotatable bonds is 7. The van der Waals surface area contributed by atoms with E-state index in [1.54, 1.807) is 17.0 Å². The average Bonchev–Trinajstić information content (AvgIpc) is 3.36. The fourth-order valence-corrected chi connectivity index (χ4v) is 4.37. The number of para-hydroxylation sites is 2. The number of benzene rings is 1. The molecule has 0 bridgehead atoms. The van der Waals surface area contributed by atoms with Gasteiger partial charge in [0.15, 0.2) is 5.82 Å². The van der Waals surface area contributed by atoms with Gasteiger partial charge in [0.25, 0.3) is 0 Å². The van der Waals surface area contributed by atoms with Crippen LogP contribution >= 0.6 is 0 Å². The van der Waals surface area contributed by atoms with Gasteiger partial charge in [0.05, 0.1) is 34.8 Å². The number of aromatic nitrogens is 7. The summed E-state index contributed by atoms with van der Waals surface area (Å²) in [5.41, 5.74) is 3.62. The van der Waals surface area contributed by atoms with E-state index in [0.29, 0.717) is 25.3 Å². The highest BCUT2D eigenvalue weighted by atomic mass is 16.5. The van der Waals surface area contributed by atoms with Crippen LogP contribution in [-0.4, -0.2) is 33.8 Å². The van der Waals surface area contributed by atoms with Gasteiger partial charge in [-0.2, -0.15) is 0 Å². The number of H-pyrrole nitrogens is 1. The van der Waals surface area contributed by atoms with Crippen molar-refractivity contribution in [3.05, 3.63) is 75.4 Å². The van der Waals surface area contributed by atoms with E-state index >= 15 is 0 Å². The monoisotopic (exact) mass is 431 g/mol. The number of nitrogens with one attached hydrogen (secondary N) is 1. The third-order valence-corrected chi connectivity index (χ3v) is 5.99. The summed E-state index contributed by atoms with van der Waals surface area (Å²) in [7, 11) is 0. The lowest BCUT2D eigenvalue weighted by molar-refractivity contribution is 0.380. The van der Waals surface area contributed by atoms with Gasteiger partial charge in [0.2, 0.25) is 0 Å². The molecule has 1 aromatic carbocycles. The smallest absolute Gasteiger partial charge is 0.326 e. The second kappa shape index (κ2) is 7.33. The van der Waals surface area contributed by atoms with Crippen molar-refractivity contribution >= 4 is 22.1 Å². The molecule has 0 saturated heterocycles. The summed E-state index contributed by atoms with van der Waals surface area (Å²) >= 11 is 0. The standard InChI is InChI=1S/C22H21N7O3/c30-21-25-19(26-32-21)6-3-11-27-16-5-2-1-4-15(16)24-20(27)13-28-18-12-23-10-9-17(18)29(22(28)31)14-7-8-14/h1-2,4-5,9-10,12,14H,3,6-8,11,13H2,(H,25,26,30). The molecule has 0 amide bonds. The first kappa shape index (κ1) is 18.8. The van der Waals surface area contributed by atoms with E-state index in [2.05, 4.69) is 24.2 Å². The Hall–Kier alpha value is -3.95. The molecule has 10 nitrogen and oxygen atoms in total. The highest BCUT2D eigenvalue weighted by Gasteiger charge is 2.29. The van der Waals surface area contributed by atoms with E-state index in [9.17, 15) is 9.59 Å². The summed E-state index contributed by atoms with van der Waals surface area (Å²) in [5, 5.41) is 3.73. The minimum Gasteiger partial charge on any atom is -0.326 e. The van der Waals surface area contributed by atoms with Crippen LogP contribution in [0, 0.1) is 0 Å². The third kappa shape index (κ3) is 3.15. The van der Waals surface area contributed by atoms with Gasteiger partial charge in [-0.3, -0.25) is 23.6 Å². The summed E-state index contributed by atoms with van der Waals surface area (Å²) in [6.45, 7) is 1.02. The number of aromatic amines is 1. The molecule has 0 spiro atoms. The van der Waals surface area contributed by atoms with Crippen molar-refractivity contribution in [2.24, 2.45) is 0 Å².